The highest BCUT2D eigenvalue weighted by Crippen LogP contribution is 2.26. The molecule has 0 aliphatic carbocycles. The van der Waals surface area contributed by atoms with Crippen LogP contribution in [0.2, 0.25) is 0 Å². The van der Waals surface area contributed by atoms with Gasteiger partial charge < -0.3 is 24.8 Å². The molecule has 3 N–H and O–H groups in total. The standard InChI is InChI=1S/C19H18BFN6O4/c1-30-17-16(22-10-11-5-3-6-12(21)9-11)24-18(26-25-17)27-14-8-4-7-13(20(28)29)15(14)23-19(27)31-2/h3-9,28-29H,10H2,1-2H3,(H,22,24,26). The Morgan fingerprint density at radius 1 is 1.06 bits per heavy atom. The van der Waals surface area contributed by atoms with Gasteiger partial charge in [-0.15, -0.1) is 10.2 Å². The average molecular weight is 424 g/mol. The predicted molar refractivity (Wildman–Crippen MR) is 111 cm³/mol. The first kappa shape index (κ1) is 20.5. The van der Waals surface area contributed by atoms with Crippen LogP contribution in [0, 0.1) is 5.82 Å². The van der Waals surface area contributed by atoms with E-state index in [1.807, 2.05) is 0 Å². The molecule has 0 spiro atoms. The molecular formula is C19H18BFN6O4. The SMILES string of the molecule is COc1nnc(-n2c(OC)nc3c(B(O)O)cccc32)nc1NCc1cccc(F)c1. The number of hydrogen-bond acceptors (Lipinski definition) is 9. The molecule has 0 fully saturated rings. The summed E-state index contributed by atoms with van der Waals surface area (Å²) >= 11 is 0. The number of aromatic nitrogens is 5. The molecule has 0 saturated heterocycles. The van der Waals surface area contributed by atoms with Gasteiger partial charge in [-0.2, -0.15) is 9.97 Å². The van der Waals surface area contributed by atoms with Crippen LogP contribution >= 0.6 is 0 Å². The van der Waals surface area contributed by atoms with E-state index in [9.17, 15) is 14.4 Å². The van der Waals surface area contributed by atoms with Crippen LogP contribution in [0.15, 0.2) is 42.5 Å². The molecular weight excluding hydrogens is 406 g/mol. The second-order valence-corrected chi connectivity index (χ2v) is 6.48. The van der Waals surface area contributed by atoms with Crippen molar-refractivity contribution in [3.8, 4) is 17.8 Å². The summed E-state index contributed by atoms with van der Waals surface area (Å²) in [6.07, 6.45) is 0. The maximum Gasteiger partial charge on any atom is 0.490 e. The monoisotopic (exact) mass is 424 g/mol. The second kappa shape index (κ2) is 8.54. The third-order valence-corrected chi connectivity index (χ3v) is 4.53. The largest absolute Gasteiger partial charge is 0.490 e. The van der Waals surface area contributed by atoms with Crippen LogP contribution in [-0.4, -0.2) is 56.1 Å². The van der Waals surface area contributed by atoms with Gasteiger partial charge in [-0.1, -0.05) is 24.3 Å². The summed E-state index contributed by atoms with van der Waals surface area (Å²) in [5.41, 5.74) is 1.73. The molecule has 31 heavy (non-hydrogen) atoms. The molecule has 4 rings (SSSR count). The molecule has 0 aliphatic rings. The minimum absolute atomic E-state index is 0.117. The number of benzene rings is 2. The summed E-state index contributed by atoms with van der Waals surface area (Å²) in [4.78, 5) is 8.80. The lowest BCUT2D eigenvalue weighted by atomic mass is 9.79. The van der Waals surface area contributed by atoms with Crippen LogP contribution in [0.1, 0.15) is 5.56 Å². The van der Waals surface area contributed by atoms with Gasteiger partial charge in [-0.3, -0.25) is 0 Å². The molecule has 0 amide bonds. The van der Waals surface area contributed by atoms with Crippen LogP contribution in [-0.2, 0) is 6.54 Å². The van der Waals surface area contributed by atoms with Gasteiger partial charge in [0.2, 0.25) is 0 Å². The summed E-state index contributed by atoms with van der Waals surface area (Å²) in [5, 5.41) is 30.5. The minimum atomic E-state index is -1.71. The molecule has 4 aromatic rings. The van der Waals surface area contributed by atoms with Crippen molar-refractivity contribution in [2.24, 2.45) is 0 Å². The zero-order valence-electron chi connectivity index (χ0n) is 16.7. The second-order valence-electron chi connectivity index (χ2n) is 6.48. The Morgan fingerprint density at radius 3 is 2.58 bits per heavy atom. The molecule has 10 nitrogen and oxygen atoms in total. The number of hydrogen-bond donors (Lipinski definition) is 3. The van der Waals surface area contributed by atoms with E-state index in [4.69, 9.17) is 9.47 Å². The Bertz CT molecular complexity index is 1240. The lowest BCUT2D eigenvalue weighted by molar-refractivity contribution is 0.371. The fourth-order valence-corrected chi connectivity index (χ4v) is 3.13. The van der Waals surface area contributed by atoms with E-state index >= 15 is 0 Å². The molecule has 0 unspecified atom stereocenters. The van der Waals surface area contributed by atoms with E-state index in [1.165, 1.54) is 30.9 Å². The summed E-state index contributed by atoms with van der Waals surface area (Å²) in [7, 11) is 1.14. The highest BCUT2D eigenvalue weighted by Gasteiger charge is 2.23. The highest BCUT2D eigenvalue weighted by atomic mass is 19.1. The van der Waals surface area contributed by atoms with Gasteiger partial charge in [-0.25, -0.2) is 8.96 Å². The van der Waals surface area contributed by atoms with E-state index < -0.39 is 7.12 Å². The number of ether oxygens (including phenoxy) is 2. The average Bonchev–Trinajstić information content (AvgIpc) is 3.16. The molecule has 0 atom stereocenters. The molecule has 0 saturated carbocycles. The molecule has 12 heteroatoms. The van der Waals surface area contributed by atoms with E-state index in [2.05, 4.69) is 25.5 Å². The molecule has 0 radical (unpaired) electrons. The third-order valence-electron chi connectivity index (χ3n) is 4.53. The minimum Gasteiger partial charge on any atom is -0.477 e. The van der Waals surface area contributed by atoms with Crippen LogP contribution in [0.3, 0.4) is 0 Å². The topological polar surface area (TPSA) is 127 Å². The van der Waals surface area contributed by atoms with Crippen LogP contribution in [0.5, 0.6) is 11.9 Å². The molecule has 2 aromatic carbocycles. The van der Waals surface area contributed by atoms with Crippen molar-refractivity contribution < 1.29 is 23.9 Å². The van der Waals surface area contributed by atoms with E-state index in [1.54, 1.807) is 30.3 Å². The number of anilines is 1. The number of nitrogens with one attached hydrogen (secondary N) is 1. The lowest BCUT2D eigenvalue weighted by Gasteiger charge is -2.11. The van der Waals surface area contributed by atoms with Crippen molar-refractivity contribution in [1.82, 2.24) is 24.7 Å². The van der Waals surface area contributed by atoms with Gasteiger partial charge in [-0.05, 0) is 23.8 Å². The van der Waals surface area contributed by atoms with Crippen LogP contribution in [0.4, 0.5) is 10.2 Å². The maximum absolute atomic E-state index is 13.5. The molecule has 158 valence electrons. The Balaban J connectivity index is 1.77. The first-order valence-corrected chi connectivity index (χ1v) is 9.20. The summed E-state index contributed by atoms with van der Waals surface area (Å²) in [6, 6.07) is 11.2. The Hall–Kier alpha value is -3.77. The van der Waals surface area contributed by atoms with E-state index in [0.29, 0.717) is 16.6 Å². The maximum atomic E-state index is 13.5. The van der Waals surface area contributed by atoms with Gasteiger partial charge in [0.15, 0.2) is 5.82 Å². The summed E-state index contributed by atoms with van der Waals surface area (Å²) in [5.74, 6) is 0.199. The van der Waals surface area contributed by atoms with Gasteiger partial charge in [0.25, 0.3) is 11.8 Å². The highest BCUT2D eigenvalue weighted by molar-refractivity contribution is 6.61. The zero-order chi connectivity index (χ0) is 22.0. The van der Waals surface area contributed by atoms with Gasteiger partial charge >= 0.3 is 13.1 Å². The van der Waals surface area contributed by atoms with Gasteiger partial charge in [0.05, 0.1) is 25.3 Å². The number of methoxy groups -OCH3 is 2. The number of nitrogens with zero attached hydrogens (tertiary/aromatic N) is 5. The third kappa shape index (κ3) is 3.98. The Labute approximate surface area is 176 Å². The first-order valence-electron chi connectivity index (χ1n) is 9.20. The van der Waals surface area contributed by atoms with Crippen molar-refractivity contribution in [2.75, 3.05) is 19.5 Å². The summed E-state index contributed by atoms with van der Waals surface area (Å²) in [6.45, 7) is 0.273. The Morgan fingerprint density at radius 2 is 1.87 bits per heavy atom. The summed E-state index contributed by atoms with van der Waals surface area (Å²) < 4.78 is 25.5. The number of fused-ring (bicyclic) bond motifs is 1. The van der Waals surface area contributed by atoms with Gasteiger partial charge in [0, 0.05) is 12.0 Å². The van der Waals surface area contributed by atoms with E-state index in [-0.39, 0.29) is 41.5 Å². The van der Waals surface area contributed by atoms with Crippen LogP contribution < -0.4 is 20.3 Å². The number of rotatable bonds is 7. The van der Waals surface area contributed by atoms with Crippen molar-refractivity contribution >= 4 is 29.4 Å². The molecule has 2 aromatic heterocycles. The number of halogens is 1. The van der Waals surface area contributed by atoms with E-state index in [0.717, 1.165) is 0 Å². The van der Waals surface area contributed by atoms with Crippen molar-refractivity contribution in [1.29, 1.82) is 0 Å². The van der Waals surface area contributed by atoms with Crippen molar-refractivity contribution in [3.63, 3.8) is 0 Å². The molecule has 0 aliphatic heterocycles. The molecule has 2 heterocycles. The van der Waals surface area contributed by atoms with Crippen molar-refractivity contribution in [2.45, 2.75) is 6.54 Å². The van der Waals surface area contributed by atoms with Crippen LogP contribution in [0.25, 0.3) is 17.0 Å². The van der Waals surface area contributed by atoms with Crippen molar-refractivity contribution in [3.05, 3.63) is 53.8 Å². The number of imidazole rings is 1. The lowest BCUT2D eigenvalue weighted by Crippen LogP contribution is -2.30. The smallest absolute Gasteiger partial charge is 0.477 e. The first-order chi connectivity index (χ1) is 15.0. The normalized spacial score (nSPS) is 10.9. The molecule has 0 bridgehead atoms. The fraction of sp³-hybridized carbons (Fsp3) is 0.158. The zero-order valence-corrected chi connectivity index (χ0v) is 16.7. The quantitative estimate of drug-likeness (QED) is 0.367. The number of para-hydroxylation sites is 1. The fourth-order valence-electron chi connectivity index (χ4n) is 3.13. The Kier molecular flexibility index (Phi) is 5.65. The predicted octanol–water partition coefficient (Wildman–Crippen LogP) is 0.659. The van der Waals surface area contributed by atoms with Gasteiger partial charge in [0.1, 0.15) is 5.82 Å².